The van der Waals surface area contributed by atoms with Gasteiger partial charge >= 0.3 is 0 Å². The number of fused-ring (bicyclic) bond motifs is 1. The molecule has 5 rings (SSSR count). The van der Waals surface area contributed by atoms with Gasteiger partial charge in [0.25, 0.3) is 10.0 Å². The second-order valence-electron chi connectivity index (χ2n) is 8.30. The van der Waals surface area contributed by atoms with Gasteiger partial charge in [-0.15, -0.1) is 0 Å². The number of hydrogen-bond donors (Lipinski definition) is 2. The topological polar surface area (TPSA) is 109 Å². The van der Waals surface area contributed by atoms with E-state index in [1.807, 2.05) is 46.9 Å². The van der Waals surface area contributed by atoms with Crippen molar-refractivity contribution in [2.24, 2.45) is 0 Å². The molecule has 9 nitrogen and oxygen atoms in total. The molecule has 2 N–H and O–H groups in total. The summed E-state index contributed by atoms with van der Waals surface area (Å²) in [6.07, 6.45) is 3.18. The van der Waals surface area contributed by atoms with Gasteiger partial charge in [0.1, 0.15) is 12.9 Å². The smallest absolute Gasteiger partial charge is 0.263 e. The fourth-order valence-electron chi connectivity index (χ4n) is 4.47. The predicted octanol–water partition coefficient (Wildman–Crippen LogP) is 3.51. The number of sulfonamides is 1. The molecule has 2 unspecified atom stereocenters. The van der Waals surface area contributed by atoms with Gasteiger partial charge in [-0.25, -0.2) is 13.4 Å². The number of amides is 1. The summed E-state index contributed by atoms with van der Waals surface area (Å²) in [5.41, 5.74) is 1.75. The molecule has 35 heavy (non-hydrogen) atoms. The Balaban J connectivity index is 1.31. The highest BCUT2D eigenvalue weighted by atomic mass is 35.5. The fraction of sp³-hybridized carbons (Fsp3) is 0.261. The average Bonchev–Trinajstić information content (AvgIpc) is 3.50. The molecule has 1 aliphatic rings. The average molecular weight is 531 g/mol. The van der Waals surface area contributed by atoms with Gasteiger partial charge < -0.3 is 14.8 Å². The molecule has 1 amide bonds. The first kappa shape index (κ1) is 23.7. The Morgan fingerprint density at radius 1 is 1.23 bits per heavy atom. The molecule has 2 atom stereocenters. The fourth-order valence-corrected chi connectivity index (χ4v) is 6.42. The van der Waals surface area contributed by atoms with Gasteiger partial charge in [0.15, 0.2) is 0 Å². The van der Waals surface area contributed by atoms with Crippen LogP contribution in [0.4, 0.5) is 5.13 Å². The van der Waals surface area contributed by atoms with Gasteiger partial charge in [-0.1, -0.05) is 35.9 Å². The molecule has 2 aromatic heterocycles. The Bertz CT molecular complexity index is 1450. The highest BCUT2D eigenvalue weighted by Gasteiger charge is 2.32. The lowest BCUT2D eigenvalue weighted by molar-refractivity contribution is -0.135. The van der Waals surface area contributed by atoms with E-state index in [0.29, 0.717) is 18.1 Å². The minimum Gasteiger partial charge on any atom is -0.337 e. The summed E-state index contributed by atoms with van der Waals surface area (Å²) in [7, 11) is -3.76. The van der Waals surface area contributed by atoms with Crippen LogP contribution in [0.2, 0.25) is 5.02 Å². The second kappa shape index (κ2) is 9.57. The van der Waals surface area contributed by atoms with E-state index in [1.54, 1.807) is 24.3 Å². The van der Waals surface area contributed by atoms with Crippen LogP contribution in [-0.4, -0.2) is 52.3 Å². The van der Waals surface area contributed by atoms with Crippen LogP contribution in [0.1, 0.15) is 18.5 Å². The Morgan fingerprint density at radius 3 is 2.77 bits per heavy atom. The van der Waals surface area contributed by atoms with Crippen LogP contribution in [-0.2, 0) is 21.4 Å². The van der Waals surface area contributed by atoms with E-state index in [2.05, 4.69) is 19.4 Å². The molecule has 0 radical (unpaired) electrons. The number of para-hydroxylation sites is 1. The molecule has 0 saturated carbocycles. The third-order valence-electron chi connectivity index (χ3n) is 6.19. The molecule has 0 bridgehead atoms. The van der Waals surface area contributed by atoms with Gasteiger partial charge in [0.05, 0.1) is 21.5 Å². The van der Waals surface area contributed by atoms with Crippen LogP contribution < -0.4 is 10.0 Å². The number of nitrogens with zero attached hydrogens (tertiary/aromatic N) is 4. The summed E-state index contributed by atoms with van der Waals surface area (Å²) in [6, 6.07) is 14.0. The Kier molecular flexibility index (Phi) is 6.49. The first-order chi connectivity index (χ1) is 16.8. The van der Waals surface area contributed by atoms with Crippen molar-refractivity contribution in [3.8, 4) is 0 Å². The molecular weight excluding hydrogens is 508 g/mol. The molecule has 0 aliphatic carbocycles. The zero-order valence-corrected chi connectivity index (χ0v) is 21.1. The summed E-state index contributed by atoms with van der Waals surface area (Å²) in [5, 5.41) is 5.28. The zero-order valence-electron chi connectivity index (χ0n) is 18.8. The number of benzene rings is 2. The normalized spacial score (nSPS) is 18.6. The maximum atomic E-state index is 13.3. The van der Waals surface area contributed by atoms with Crippen LogP contribution in [0.25, 0.3) is 10.9 Å². The zero-order chi connectivity index (χ0) is 24.6. The summed E-state index contributed by atoms with van der Waals surface area (Å²) in [4.78, 5) is 19.1. The van der Waals surface area contributed by atoms with Crippen LogP contribution in [0, 0.1) is 0 Å². The van der Waals surface area contributed by atoms with Gasteiger partial charge in [-0.3, -0.25) is 9.52 Å². The maximum Gasteiger partial charge on any atom is 0.263 e. The maximum absolute atomic E-state index is 13.3. The summed E-state index contributed by atoms with van der Waals surface area (Å²) in [5.74, 6) is 0.00174. The largest absolute Gasteiger partial charge is 0.337 e. The third-order valence-corrected chi connectivity index (χ3v) is 8.56. The molecule has 3 heterocycles. The lowest BCUT2D eigenvalue weighted by atomic mass is 9.97. The van der Waals surface area contributed by atoms with E-state index in [9.17, 15) is 13.2 Å². The number of carbonyl (C=O) groups is 1. The van der Waals surface area contributed by atoms with Crippen LogP contribution >= 0.6 is 23.1 Å². The van der Waals surface area contributed by atoms with Crippen molar-refractivity contribution in [1.82, 2.24) is 24.1 Å². The number of rotatable bonds is 6. The minimum atomic E-state index is -3.76. The number of carbonyl (C=O) groups excluding carboxylic acids is 1. The highest BCUT2D eigenvalue weighted by molar-refractivity contribution is 7.93. The molecular formula is C23H23ClN6O3S2. The first-order valence-electron chi connectivity index (χ1n) is 11.0. The van der Waals surface area contributed by atoms with Crippen molar-refractivity contribution in [2.45, 2.75) is 30.4 Å². The number of nitrogens with one attached hydrogen (secondary N) is 2. The summed E-state index contributed by atoms with van der Waals surface area (Å²) in [6.45, 7) is 3.41. The summed E-state index contributed by atoms with van der Waals surface area (Å²) < 4.78 is 33.3. The van der Waals surface area contributed by atoms with E-state index >= 15 is 0 Å². The Labute approximate surface area is 212 Å². The molecule has 1 saturated heterocycles. The van der Waals surface area contributed by atoms with Gasteiger partial charge in [0, 0.05) is 42.2 Å². The lowest BCUT2D eigenvalue weighted by Gasteiger charge is -2.40. The number of hydrogen-bond acceptors (Lipinski definition) is 7. The van der Waals surface area contributed by atoms with Gasteiger partial charge in [-0.2, -0.15) is 4.37 Å². The number of anilines is 1. The van der Waals surface area contributed by atoms with E-state index in [4.69, 9.17) is 11.6 Å². The van der Waals surface area contributed by atoms with Crippen molar-refractivity contribution in [1.29, 1.82) is 0 Å². The molecule has 12 heteroatoms. The SMILES string of the molecule is CC1C(c2ccc(S(=O)(=O)Nc3ncns3)cc2)NCCN1C(=O)Cn1ccc2cccc(Cl)c21. The third kappa shape index (κ3) is 4.76. The highest BCUT2D eigenvalue weighted by Crippen LogP contribution is 2.28. The number of halogens is 1. The summed E-state index contributed by atoms with van der Waals surface area (Å²) >= 11 is 7.35. The molecule has 0 spiro atoms. The molecule has 4 aromatic rings. The van der Waals surface area contributed by atoms with Gasteiger partial charge in [0.2, 0.25) is 11.0 Å². The van der Waals surface area contributed by atoms with Gasteiger partial charge in [-0.05, 0) is 36.8 Å². The van der Waals surface area contributed by atoms with Crippen molar-refractivity contribution in [2.75, 3.05) is 17.8 Å². The number of piperazine rings is 1. The van der Waals surface area contributed by atoms with Crippen LogP contribution in [0.5, 0.6) is 0 Å². The second-order valence-corrected chi connectivity index (χ2v) is 11.2. The lowest BCUT2D eigenvalue weighted by Crippen LogP contribution is -2.54. The van der Waals surface area contributed by atoms with Crippen molar-refractivity contribution >= 4 is 55.1 Å². The van der Waals surface area contributed by atoms with Crippen molar-refractivity contribution < 1.29 is 13.2 Å². The van der Waals surface area contributed by atoms with Crippen molar-refractivity contribution in [3.63, 3.8) is 0 Å². The van der Waals surface area contributed by atoms with E-state index < -0.39 is 10.0 Å². The monoisotopic (exact) mass is 530 g/mol. The Morgan fingerprint density at radius 2 is 2.03 bits per heavy atom. The Hall–Kier alpha value is -2.99. The molecule has 2 aromatic carbocycles. The van der Waals surface area contributed by atoms with Crippen LogP contribution in [0.15, 0.2) is 66.0 Å². The number of aromatic nitrogens is 3. The minimum absolute atomic E-state index is 0.00174. The molecule has 1 fully saturated rings. The van der Waals surface area contributed by atoms with Crippen molar-refractivity contribution in [3.05, 3.63) is 71.6 Å². The van der Waals surface area contributed by atoms with E-state index in [0.717, 1.165) is 28.0 Å². The standard InChI is InChI=1S/C23H23ClN6O3S2/c1-15-21(16-5-7-18(8-6-16)35(32,33)28-23-26-14-27-34-23)25-10-12-30(15)20(31)13-29-11-9-17-3-2-4-19(24)22(17)29/h2-9,11,14-15,21,25H,10,12-13H2,1H3,(H,26,27,28). The first-order valence-corrected chi connectivity index (χ1v) is 13.6. The van der Waals surface area contributed by atoms with E-state index in [1.165, 1.54) is 6.33 Å². The van der Waals surface area contributed by atoms with Crippen LogP contribution in [0.3, 0.4) is 0 Å². The predicted molar refractivity (Wildman–Crippen MR) is 136 cm³/mol. The molecule has 1 aliphatic heterocycles. The quantitative estimate of drug-likeness (QED) is 0.395. The molecule has 182 valence electrons. The van der Waals surface area contributed by atoms with E-state index in [-0.39, 0.29) is 34.6 Å².